The van der Waals surface area contributed by atoms with Gasteiger partial charge >= 0.3 is 6.03 Å². The molecule has 1 aliphatic carbocycles. The number of fused-ring (bicyclic) bond motifs is 1. The summed E-state index contributed by atoms with van der Waals surface area (Å²) in [5.74, 6) is 1.56. The quantitative estimate of drug-likeness (QED) is 0.591. The van der Waals surface area contributed by atoms with Crippen molar-refractivity contribution in [3.8, 4) is 34.7 Å². The zero-order valence-electron chi connectivity index (χ0n) is 20.1. The van der Waals surface area contributed by atoms with Gasteiger partial charge in [-0.2, -0.15) is 10.2 Å². The van der Waals surface area contributed by atoms with Crippen molar-refractivity contribution >= 4 is 6.03 Å². The summed E-state index contributed by atoms with van der Waals surface area (Å²) in [6.45, 7) is 7.08. The number of aromatic nitrogens is 2. The standard InChI is InChI=1S/C21H19N3O2.C5H11N3O/c1-13(2)25-19-10-9-15(11-16(19)12-22)21-23-20(24-26-21)18-8-4-6-14-5-3-7-17(14)18;6-5(9)8-3-1-7-2-4-8/h4,6,8-11,13H,3,5,7H2,1-2H3;7H,1-4H2,(H2,6,9). The highest BCUT2D eigenvalue weighted by Crippen LogP contribution is 2.32. The maximum atomic E-state index is 10.5. The van der Waals surface area contributed by atoms with Gasteiger partial charge in [0.1, 0.15) is 11.8 Å². The number of urea groups is 1. The molecule has 0 unspecified atom stereocenters. The van der Waals surface area contributed by atoms with Gasteiger partial charge in [-0.05, 0) is 62.4 Å². The van der Waals surface area contributed by atoms with Gasteiger partial charge in [0.2, 0.25) is 5.82 Å². The third kappa shape index (κ3) is 5.78. The number of nitrogens with two attached hydrogens (primary N) is 1. The smallest absolute Gasteiger partial charge is 0.314 e. The van der Waals surface area contributed by atoms with E-state index in [1.54, 1.807) is 17.0 Å². The SMILES string of the molecule is CC(C)Oc1ccc(-c2nc(-c3cccc4c3CCC4)no2)cc1C#N.NC(=O)N1CCNCC1. The maximum absolute atomic E-state index is 10.5. The average molecular weight is 475 g/mol. The Kier molecular flexibility index (Phi) is 7.63. The number of carbonyl (C=O) groups excluding carboxylic acids is 1. The summed E-state index contributed by atoms with van der Waals surface area (Å²) in [4.78, 5) is 16.7. The molecule has 2 aromatic carbocycles. The van der Waals surface area contributed by atoms with Crippen LogP contribution < -0.4 is 15.8 Å². The summed E-state index contributed by atoms with van der Waals surface area (Å²) in [6, 6.07) is 13.5. The minimum Gasteiger partial charge on any atom is -0.490 e. The van der Waals surface area contributed by atoms with Gasteiger partial charge in [-0.25, -0.2) is 4.79 Å². The van der Waals surface area contributed by atoms with Crippen molar-refractivity contribution < 1.29 is 14.1 Å². The van der Waals surface area contributed by atoms with Crippen LogP contribution in [0.25, 0.3) is 22.8 Å². The fourth-order valence-electron chi connectivity index (χ4n) is 4.27. The van der Waals surface area contributed by atoms with E-state index in [0.29, 0.717) is 28.6 Å². The lowest BCUT2D eigenvalue weighted by molar-refractivity contribution is 0.200. The number of benzene rings is 2. The molecule has 0 saturated carbocycles. The van der Waals surface area contributed by atoms with Gasteiger partial charge in [-0.15, -0.1) is 0 Å². The minimum atomic E-state index is -0.309. The largest absolute Gasteiger partial charge is 0.490 e. The van der Waals surface area contributed by atoms with Crippen molar-refractivity contribution in [2.45, 2.75) is 39.2 Å². The molecule has 0 bridgehead atoms. The molecule has 3 N–H and O–H groups in total. The number of aryl methyl sites for hydroxylation is 1. The van der Waals surface area contributed by atoms with E-state index in [2.05, 4.69) is 27.6 Å². The number of hydrogen-bond acceptors (Lipinski definition) is 7. The van der Waals surface area contributed by atoms with Crippen LogP contribution in [0.2, 0.25) is 0 Å². The first kappa shape index (κ1) is 24.2. The van der Waals surface area contributed by atoms with E-state index in [4.69, 9.17) is 15.0 Å². The predicted octanol–water partition coefficient (Wildman–Crippen LogP) is 3.52. The van der Waals surface area contributed by atoms with Crippen LogP contribution in [0.4, 0.5) is 4.79 Å². The van der Waals surface area contributed by atoms with Gasteiger partial charge in [0.15, 0.2) is 0 Å². The summed E-state index contributed by atoms with van der Waals surface area (Å²) in [7, 11) is 0. The van der Waals surface area contributed by atoms with Crippen LogP contribution >= 0.6 is 0 Å². The number of carbonyl (C=O) groups is 1. The van der Waals surface area contributed by atoms with Gasteiger partial charge in [-0.1, -0.05) is 23.4 Å². The molecule has 1 aliphatic heterocycles. The molecule has 2 amide bonds. The number of nitriles is 1. The molecule has 1 aromatic heterocycles. The van der Waals surface area contributed by atoms with E-state index in [-0.39, 0.29) is 12.1 Å². The molecule has 5 rings (SSSR count). The zero-order valence-corrected chi connectivity index (χ0v) is 20.1. The minimum absolute atomic E-state index is 0.00290. The Morgan fingerprint density at radius 1 is 1.23 bits per heavy atom. The van der Waals surface area contributed by atoms with E-state index >= 15 is 0 Å². The van der Waals surface area contributed by atoms with Gasteiger partial charge < -0.3 is 25.2 Å². The monoisotopic (exact) mass is 474 g/mol. The molecular formula is C26H30N6O3. The van der Waals surface area contributed by atoms with Crippen molar-refractivity contribution in [3.63, 3.8) is 0 Å². The second-order valence-corrected chi connectivity index (χ2v) is 8.78. The molecule has 2 heterocycles. The molecule has 35 heavy (non-hydrogen) atoms. The Bertz CT molecular complexity index is 1220. The molecule has 0 atom stereocenters. The van der Waals surface area contributed by atoms with E-state index in [1.165, 1.54) is 17.5 Å². The van der Waals surface area contributed by atoms with Gasteiger partial charge in [0.25, 0.3) is 5.89 Å². The number of rotatable bonds is 4. The molecular weight excluding hydrogens is 444 g/mol. The predicted molar refractivity (Wildman–Crippen MR) is 132 cm³/mol. The third-order valence-corrected chi connectivity index (χ3v) is 5.95. The number of nitrogens with zero attached hydrogens (tertiary/aromatic N) is 4. The zero-order chi connectivity index (χ0) is 24.8. The number of piperazine rings is 1. The van der Waals surface area contributed by atoms with E-state index in [1.807, 2.05) is 32.0 Å². The number of ether oxygens (including phenoxy) is 1. The van der Waals surface area contributed by atoms with Crippen LogP contribution in [0.5, 0.6) is 5.75 Å². The van der Waals surface area contributed by atoms with Crippen molar-refractivity contribution in [3.05, 3.63) is 53.1 Å². The Morgan fingerprint density at radius 2 is 2.03 bits per heavy atom. The topological polar surface area (TPSA) is 130 Å². The average Bonchev–Trinajstić information content (AvgIpc) is 3.55. The number of primary amides is 1. The Balaban J connectivity index is 0.000000271. The van der Waals surface area contributed by atoms with Crippen LogP contribution in [0, 0.1) is 11.3 Å². The molecule has 9 heteroatoms. The molecule has 2 aliphatic rings. The first-order valence-corrected chi connectivity index (χ1v) is 11.9. The lowest BCUT2D eigenvalue weighted by Gasteiger charge is -2.25. The van der Waals surface area contributed by atoms with Gasteiger partial charge in [0.05, 0.1) is 11.7 Å². The number of hydrogen-bond donors (Lipinski definition) is 2. The highest BCUT2D eigenvalue weighted by molar-refractivity contribution is 5.72. The number of amides is 2. The summed E-state index contributed by atoms with van der Waals surface area (Å²) in [6.07, 6.45) is 3.33. The lowest BCUT2D eigenvalue weighted by Crippen LogP contribution is -2.48. The molecule has 182 valence electrons. The van der Waals surface area contributed by atoms with Crippen molar-refractivity contribution in [2.24, 2.45) is 5.73 Å². The second kappa shape index (κ2) is 11.0. The Morgan fingerprint density at radius 3 is 2.71 bits per heavy atom. The normalized spacial score (nSPS) is 14.6. The van der Waals surface area contributed by atoms with Gasteiger partial charge in [-0.3, -0.25) is 0 Å². The Hall–Kier alpha value is -3.90. The van der Waals surface area contributed by atoms with E-state index < -0.39 is 0 Å². The van der Waals surface area contributed by atoms with Crippen molar-refractivity contribution in [1.82, 2.24) is 20.4 Å². The summed E-state index contributed by atoms with van der Waals surface area (Å²) < 4.78 is 11.1. The van der Waals surface area contributed by atoms with Crippen LogP contribution in [-0.2, 0) is 12.8 Å². The van der Waals surface area contributed by atoms with Crippen LogP contribution in [0.3, 0.4) is 0 Å². The first-order valence-electron chi connectivity index (χ1n) is 11.9. The van der Waals surface area contributed by atoms with Crippen molar-refractivity contribution in [1.29, 1.82) is 5.26 Å². The van der Waals surface area contributed by atoms with E-state index in [9.17, 15) is 10.1 Å². The Labute approximate surface area is 204 Å². The highest BCUT2D eigenvalue weighted by atomic mass is 16.5. The van der Waals surface area contributed by atoms with Crippen LogP contribution in [0.15, 0.2) is 40.9 Å². The molecule has 0 radical (unpaired) electrons. The highest BCUT2D eigenvalue weighted by Gasteiger charge is 2.20. The van der Waals surface area contributed by atoms with Crippen LogP contribution in [0.1, 0.15) is 37.0 Å². The summed E-state index contributed by atoms with van der Waals surface area (Å²) in [5.41, 5.74) is 9.92. The van der Waals surface area contributed by atoms with E-state index in [0.717, 1.165) is 44.6 Å². The summed E-state index contributed by atoms with van der Waals surface area (Å²) in [5, 5.41) is 16.7. The third-order valence-electron chi connectivity index (χ3n) is 5.95. The first-order chi connectivity index (χ1) is 17.0. The molecule has 1 fully saturated rings. The second-order valence-electron chi connectivity index (χ2n) is 8.78. The molecule has 3 aromatic rings. The van der Waals surface area contributed by atoms with Crippen LogP contribution in [-0.4, -0.2) is 53.4 Å². The van der Waals surface area contributed by atoms with Gasteiger partial charge in [0, 0.05) is 37.3 Å². The summed E-state index contributed by atoms with van der Waals surface area (Å²) >= 11 is 0. The lowest BCUT2D eigenvalue weighted by atomic mass is 10.0. The number of nitrogens with one attached hydrogen (secondary N) is 1. The molecule has 9 nitrogen and oxygen atoms in total. The molecule has 1 saturated heterocycles. The fourth-order valence-corrected chi connectivity index (χ4v) is 4.27. The van der Waals surface area contributed by atoms with Crippen molar-refractivity contribution in [2.75, 3.05) is 26.2 Å². The maximum Gasteiger partial charge on any atom is 0.314 e. The molecule has 0 spiro atoms. The fraction of sp³-hybridized carbons (Fsp3) is 0.385.